The third-order valence-corrected chi connectivity index (χ3v) is 4.87. The highest BCUT2D eigenvalue weighted by Gasteiger charge is 2.34. The van der Waals surface area contributed by atoms with E-state index in [4.69, 9.17) is 5.73 Å². The zero-order valence-corrected chi connectivity index (χ0v) is 19.0. The van der Waals surface area contributed by atoms with Crippen molar-refractivity contribution in [2.24, 2.45) is 17.6 Å². The summed E-state index contributed by atoms with van der Waals surface area (Å²) in [6.45, 7) is 8.03. The van der Waals surface area contributed by atoms with Crippen LogP contribution in [0.1, 0.15) is 40.3 Å². The maximum absolute atomic E-state index is 12.9. The summed E-state index contributed by atoms with van der Waals surface area (Å²) in [5.74, 6) is -4.03. The second-order valence-corrected chi connectivity index (χ2v) is 8.41. The number of carbonyl (C=O) groups excluding carboxylic acids is 3. The van der Waals surface area contributed by atoms with Crippen molar-refractivity contribution < 1.29 is 29.4 Å². The van der Waals surface area contributed by atoms with E-state index in [1.165, 1.54) is 13.3 Å². The van der Waals surface area contributed by atoms with Gasteiger partial charge in [0, 0.05) is 18.3 Å². The van der Waals surface area contributed by atoms with Gasteiger partial charge in [-0.3, -0.25) is 14.4 Å². The average Bonchev–Trinajstić information content (AvgIpc) is 3.19. The molecular formula is C20H34N6O6. The Morgan fingerprint density at radius 3 is 1.78 bits per heavy atom. The second kappa shape index (κ2) is 12.2. The smallest absolute Gasteiger partial charge is 0.328 e. The number of nitrogens with one attached hydrogen (secondary N) is 4. The highest BCUT2D eigenvalue weighted by atomic mass is 16.4. The van der Waals surface area contributed by atoms with Gasteiger partial charge in [0.2, 0.25) is 17.7 Å². The van der Waals surface area contributed by atoms with Crippen LogP contribution in [-0.4, -0.2) is 74.1 Å². The van der Waals surface area contributed by atoms with E-state index in [-0.39, 0.29) is 12.3 Å². The van der Waals surface area contributed by atoms with E-state index in [1.54, 1.807) is 33.9 Å². The largest absolute Gasteiger partial charge is 0.480 e. The van der Waals surface area contributed by atoms with Crippen molar-refractivity contribution in [2.75, 3.05) is 0 Å². The molecule has 0 aromatic carbocycles. The van der Waals surface area contributed by atoms with Gasteiger partial charge in [0.05, 0.1) is 18.5 Å². The third-order valence-electron chi connectivity index (χ3n) is 4.87. The molecule has 12 heteroatoms. The van der Waals surface area contributed by atoms with Gasteiger partial charge in [-0.15, -0.1) is 0 Å². The fraction of sp³-hybridized carbons (Fsp3) is 0.650. The van der Waals surface area contributed by atoms with Gasteiger partial charge in [0.15, 0.2) is 6.04 Å². The van der Waals surface area contributed by atoms with E-state index in [1.807, 2.05) is 0 Å². The van der Waals surface area contributed by atoms with Crippen LogP contribution >= 0.6 is 0 Å². The maximum atomic E-state index is 12.9. The molecule has 0 aliphatic heterocycles. The molecule has 1 heterocycles. The van der Waals surface area contributed by atoms with Gasteiger partial charge in [0.1, 0.15) is 12.1 Å². The summed E-state index contributed by atoms with van der Waals surface area (Å²) in [5.41, 5.74) is 6.60. The van der Waals surface area contributed by atoms with Crippen molar-refractivity contribution in [2.45, 2.75) is 71.3 Å². The van der Waals surface area contributed by atoms with Crippen molar-refractivity contribution in [1.82, 2.24) is 25.9 Å². The van der Waals surface area contributed by atoms with Crippen LogP contribution in [0.5, 0.6) is 0 Å². The zero-order valence-electron chi connectivity index (χ0n) is 19.0. The lowest BCUT2D eigenvalue weighted by atomic mass is 9.98. The molecule has 1 aromatic rings. The van der Waals surface area contributed by atoms with Crippen molar-refractivity contribution in [3.8, 4) is 0 Å². The number of aliphatic carboxylic acids is 1. The first-order valence-electron chi connectivity index (χ1n) is 10.4. The lowest BCUT2D eigenvalue weighted by Crippen LogP contribution is -2.60. The molecule has 3 amide bonds. The van der Waals surface area contributed by atoms with E-state index in [9.17, 15) is 29.4 Å². The van der Waals surface area contributed by atoms with Crippen LogP contribution in [0.15, 0.2) is 12.5 Å². The number of carboxylic acid groups (broad SMARTS) is 1. The molecule has 32 heavy (non-hydrogen) atoms. The van der Waals surface area contributed by atoms with Crippen LogP contribution < -0.4 is 21.7 Å². The highest BCUT2D eigenvalue weighted by molar-refractivity contribution is 5.94. The minimum atomic E-state index is -1.53. The van der Waals surface area contributed by atoms with Crippen LogP contribution in [0.3, 0.4) is 0 Å². The molecule has 0 saturated carbocycles. The first-order chi connectivity index (χ1) is 14.8. The molecule has 5 atom stereocenters. The van der Waals surface area contributed by atoms with Gasteiger partial charge in [-0.2, -0.15) is 0 Å². The number of H-pyrrole nitrogens is 1. The van der Waals surface area contributed by atoms with Crippen LogP contribution in [-0.2, 0) is 25.6 Å². The number of hydrogen-bond donors (Lipinski definition) is 7. The van der Waals surface area contributed by atoms with Crippen molar-refractivity contribution >= 4 is 23.7 Å². The normalized spacial score (nSPS) is 16.0. The molecule has 8 N–H and O–H groups in total. The Bertz CT molecular complexity index is 780. The summed E-state index contributed by atoms with van der Waals surface area (Å²) in [6.07, 6.45) is 1.88. The predicted molar refractivity (Wildman–Crippen MR) is 115 cm³/mol. The average molecular weight is 455 g/mol. The number of imidazole rings is 1. The molecule has 0 spiro atoms. The van der Waals surface area contributed by atoms with Gasteiger partial charge in [-0.25, -0.2) is 9.78 Å². The molecule has 1 aromatic heterocycles. The molecule has 12 nitrogen and oxygen atoms in total. The molecule has 0 saturated heterocycles. The molecule has 0 radical (unpaired) electrons. The molecule has 0 aliphatic carbocycles. The van der Waals surface area contributed by atoms with Gasteiger partial charge in [-0.05, 0) is 18.8 Å². The van der Waals surface area contributed by atoms with Gasteiger partial charge in [-0.1, -0.05) is 27.7 Å². The Morgan fingerprint density at radius 1 is 0.938 bits per heavy atom. The van der Waals surface area contributed by atoms with Gasteiger partial charge >= 0.3 is 5.97 Å². The lowest BCUT2D eigenvalue weighted by Gasteiger charge is -2.28. The van der Waals surface area contributed by atoms with Crippen molar-refractivity contribution in [3.05, 3.63) is 18.2 Å². The highest BCUT2D eigenvalue weighted by Crippen LogP contribution is 2.08. The summed E-state index contributed by atoms with van der Waals surface area (Å²) in [7, 11) is 0. The summed E-state index contributed by atoms with van der Waals surface area (Å²) in [4.78, 5) is 56.0. The monoisotopic (exact) mass is 454 g/mol. The van der Waals surface area contributed by atoms with E-state index in [0.717, 1.165) is 0 Å². The number of carbonyl (C=O) groups is 4. The molecule has 0 bridgehead atoms. The lowest BCUT2D eigenvalue weighted by molar-refractivity contribution is -0.145. The first-order valence-corrected chi connectivity index (χ1v) is 10.4. The number of hydrogen-bond acceptors (Lipinski definition) is 7. The summed E-state index contributed by atoms with van der Waals surface area (Å²) < 4.78 is 0. The standard InChI is InChI=1S/C20H34N6O6/c1-9(2)14(24-17(28)13(21)6-12-7-22-8-23-12)18(29)25-15(10(3)4)19(30)26-16(11(5)27)20(31)32/h7-11,13-16,27H,6,21H2,1-5H3,(H,22,23)(H,24,28)(H,25,29)(H,26,30)(H,31,32). The summed E-state index contributed by atoms with van der Waals surface area (Å²) in [6, 6.07) is -4.51. The third kappa shape index (κ3) is 7.93. The number of nitrogens with two attached hydrogens (primary N) is 1. The number of aliphatic hydroxyl groups excluding tert-OH is 1. The van der Waals surface area contributed by atoms with E-state index >= 15 is 0 Å². The number of aromatic amines is 1. The van der Waals surface area contributed by atoms with Gasteiger partial charge < -0.3 is 36.9 Å². The van der Waals surface area contributed by atoms with Crippen LogP contribution in [0.4, 0.5) is 0 Å². The number of nitrogens with zero attached hydrogens (tertiary/aromatic N) is 1. The van der Waals surface area contributed by atoms with E-state index in [0.29, 0.717) is 5.69 Å². The Kier molecular flexibility index (Phi) is 10.3. The van der Waals surface area contributed by atoms with Crippen molar-refractivity contribution in [3.63, 3.8) is 0 Å². The Labute approximate surface area is 186 Å². The van der Waals surface area contributed by atoms with Crippen LogP contribution in [0.25, 0.3) is 0 Å². The molecule has 0 fully saturated rings. The van der Waals surface area contributed by atoms with Gasteiger partial charge in [0.25, 0.3) is 0 Å². The van der Waals surface area contributed by atoms with Crippen molar-refractivity contribution in [1.29, 1.82) is 0 Å². The Morgan fingerprint density at radius 2 is 1.41 bits per heavy atom. The molecular weight excluding hydrogens is 420 g/mol. The van der Waals surface area contributed by atoms with E-state index < -0.39 is 59.9 Å². The molecule has 5 unspecified atom stereocenters. The summed E-state index contributed by atoms with van der Waals surface area (Å²) >= 11 is 0. The SMILES string of the molecule is CC(C)C(NC(=O)C(N)Cc1cnc[nH]1)C(=O)NC(C(=O)NC(C(=O)O)C(C)O)C(C)C. The maximum Gasteiger partial charge on any atom is 0.328 e. The molecule has 0 aliphatic rings. The first kappa shape index (κ1) is 27.0. The quantitative estimate of drug-likeness (QED) is 0.198. The predicted octanol–water partition coefficient (Wildman–Crippen LogP) is -1.49. The van der Waals surface area contributed by atoms with Crippen LogP contribution in [0.2, 0.25) is 0 Å². The molecule has 1 rings (SSSR count). The summed E-state index contributed by atoms with van der Waals surface area (Å²) in [5, 5.41) is 26.2. The minimum absolute atomic E-state index is 0.200. The topological polar surface area (TPSA) is 200 Å². The van der Waals surface area contributed by atoms with E-state index in [2.05, 4.69) is 25.9 Å². The van der Waals surface area contributed by atoms with Crippen LogP contribution in [0, 0.1) is 11.8 Å². The fourth-order valence-corrected chi connectivity index (χ4v) is 2.93. The fourth-order valence-electron chi connectivity index (χ4n) is 2.93. The number of aliphatic hydroxyl groups is 1. The number of carboxylic acids is 1. The zero-order chi connectivity index (χ0) is 24.6. The Balaban J connectivity index is 2.87. The minimum Gasteiger partial charge on any atom is -0.480 e. The second-order valence-electron chi connectivity index (χ2n) is 8.41. The Hall–Kier alpha value is -2.99. The number of aromatic nitrogens is 2. The number of rotatable bonds is 12. The molecule has 180 valence electrons. The number of amides is 3.